The van der Waals surface area contributed by atoms with E-state index in [-0.39, 0.29) is 0 Å². The van der Waals surface area contributed by atoms with Gasteiger partial charge in [0.25, 0.3) is 0 Å². The van der Waals surface area contributed by atoms with E-state index < -0.39 is 0 Å². The summed E-state index contributed by atoms with van der Waals surface area (Å²) in [5.41, 5.74) is 2.99. The van der Waals surface area contributed by atoms with Crippen molar-refractivity contribution in [3.63, 3.8) is 0 Å². The lowest BCUT2D eigenvalue weighted by Gasteiger charge is -2.18. The zero-order valence-corrected chi connectivity index (χ0v) is 8.98. The summed E-state index contributed by atoms with van der Waals surface area (Å²) in [5.74, 6) is 0. The Hall–Kier alpha value is -0.860. The van der Waals surface area contributed by atoms with Crippen LogP contribution in [0.25, 0.3) is 0 Å². The first-order valence-electron chi connectivity index (χ1n) is 5.82. The highest BCUT2D eigenvalue weighted by atomic mass is 16.5. The molecule has 2 heterocycles. The molecule has 2 nitrogen and oxygen atoms in total. The van der Waals surface area contributed by atoms with Crippen molar-refractivity contribution in [2.75, 3.05) is 13.2 Å². The lowest BCUT2D eigenvalue weighted by Crippen LogP contribution is -2.27. The first-order valence-corrected chi connectivity index (χ1v) is 5.82. The summed E-state index contributed by atoms with van der Waals surface area (Å²) in [4.78, 5) is 2.50. The molecular formula is C13H17NO. The Labute approximate surface area is 90.8 Å². The highest BCUT2D eigenvalue weighted by Gasteiger charge is 2.23. The quantitative estimate of drug-likeness (QED) is 0.730. The second-order valence-electron chi connectivity index (χ2n) is 4.57. The number of hydrogen-bond donors (Lipinski definition) is 0. The number of fused-ring (bicyclic) bond motifs is 1. The van der Waals surface area contributed by atoms with Crippen LogP contribution in [0.1, 0.15) is 24.0 Å². The van der Waals surface area contributed by atoms with E-state index in [2.05, 4.69) is 29.2 Å². The van der Waals surface area contributed by atoms with E-state index in [4.69, 9.17) is 4.74 Å². The average Bonchev–Trinajstić information content (AvgIpc) is 2.86. The third kappa shape index (κ3) is 1.92. The molecule has 0 unspecified atom stereocenters. The number of ether oxygens (including phenoxy) is 1. The molecule has 1 atom stereocenters. The molecule has 2 aliphatic rings. The minimum absolute atomic E-state index is 0.485. The lowest BCUT2D eigenvalue weighted by molar-refractivity contribution is 0.0723. The van der Waals surface area contributed by atoms with Gasteiger partial charge in [-0.15, -0.1) is 0 Å². The van der Waals surface area contributed by atoms with Crippen LogP contribution in [0.15, 0.2) is 24.3 Å². The van der Waals surface area contributed by atoms with Gasteiger partial charge in [0.15, 0.2) is 0 Å². The second kappa shape index (κ2) is 3.95. The van der Waals surface area contributed by atoms with Gasteiger partial charge in [-0.1, -0.05) is 24.3 Å². The fraction of sp³-hybridized carbons (Fsp3) is 0.538. The van der Waals surface area contributed by atoms with Crippen molar-refractivity contribution < 1.29 is 4.74 Å². The Morgan fingerprint density at radius 2 is 1.93 bits per heavy atom. The Balaban J connectivity index is 1.63. The normalized spacial score (nSPS) is 25.7. The Morgan fingerprint density at radius 1 is 1.20 bits per heavy atom. The third-order valence-corrected chi connectivity index (χ3v) is 3.39. The molecule has 0 N–H and O–H groups in total. The Bertz CT molecular complexity index is 319. The molecular weight excluding hydrogens is 186 g/mol. The van der Waals surface area contributed by atoms with E-state index >= 15 is 0 Å². The van der Waals surface area contributed by atoms with Gasteiger partial charge in [-0.25, -0.2) is 0 Å². The minimum Gasteiger partial charge on any atom is -0.377 e. The van der Waals surface area contributed by atoms with Gasteiger partial charge in [0.2, 0.25) is 0 Å². The van der Waals surface area contributed by atoms with Crippen molar-refractivity contribution in [3.05, 3.63) is 35.4 Å². The van der Waals surface area contributed by atoms with Crippen LogP contribution < -0.4 is 0 Å². The van der Waals surface area contributed by atoms with Crippen molar-refractivity contribution in [1.82, 2.24) is 4.90 Å². The summed E-state index contributed by atoms with van der Waals surface area (Å²) in [6, 6.07) is 8.75. The standard InChI is InChI=1S/C13H17NO/c1-2-5-12-9-14(8-11(12)4-1)10-13-6-3-7-15-13/h1-2,4-5,13H,3,6-10H2/t13-/m1/s1. The lowest BCUT2D eigenvalue weighted by atomic mass is 10.1. The summed E-state index contributed by atoms with van der Waals surface area (Å²) in [5, 5.41) is 0. The van der Waals surface area contributed by atoms with E-state index in [0.717, 1.165) is 26.2 Å². The predicted octanol–water partition coefficient (Wildman–Crippen LogP) is 2.18. The number of nitrogens with zero attached hydrogens (tertiary/aromatic N) is 1. The first kappa shape index (κ1) is 9.37. The highest BCUT2D eigenvalue weighted by Crippen LogP contribution is 2.24. The molecule has 0 spiro atoms. The molecule has 1 aromatic carbocycles. The second-order valence-corrected chi connectivity index (χ2v) is 4.57. The molecule has 15 heavy (non-hydrogen) atoms. The third-order valence-electron chi connectivity index (χ3n) is 3.39. The smallest absolute Gasteiger partial charge is 0.0703 e. The SMILES string of the molecule is c1ccc2c(c1)CN(C[C@H]1CCCO1)C2. The van der Waals surface area contributed by atoms with Crippen molar-refractivity contribution >= 4 is 0 Å². The van der Waals surface area contributed by atoms with Gasteiger partial charge in [0.05, 0.1) is 6.10 Å². The van der Waals surface area contributed by atoms with Gasteiger partial charge in [0.1, 0.15) is 0 Å². The zero-order valence-electron chi connectivity index (χ0n) is 8.98. The van der Waals surface area contributed by atoms with E-state index in [1.54, 1.807) is 0 Å². The molecule has 3 rings (SSSR count). The van der Waals surface area contributed by atoms with E-state index in [1.807, 2.05) is 0 Å². The van der Waals surface area contributed by atoms with E-state index in [0.29, 0.717) is 6.10 Å². The fourth-order valence-electron chi connectivity index (χ4n) is 2.61. The van der Waals surface area contributed by atoms with Crippen molar-refractivity contribution in [3.8, 4) is 0 Å². The highest BCUT2D eigenvalue weighted by molar-refractivity contribution is 5.30. The molecule has 0 amide bonds. The molecule has 2 aliphatic heterocycles. The van der Waals surface area contributed by atoms with Gasteiger partial charge in [-0.2, -0.15) is 0 Å². The monoisotopic (exact) mass is 203 g/mol. The molecule has 80 valence electrons. The van der Waals surface area contributed by atoms with Gasteiger partial charge in [0, 0.05) is 26.2 Å². The van der Waals surface area contributed by atoms with Crippen molar-refractivity contribution in [2.45, 2.75) is 32.0 Å². The van der Waals surface area contributed by atoms with Crippen LogP contribution in [0, 0.1) is 0 Å². The van der Waals surface area contributed by atoms with Crippen LogP contribution in [-0.4, -0.2) is 24.2 Å². The Kier molecular flexibility index (Phi) is 2.47. The van der Waals surface area contributed by atoms with Crippen LogP contribution in [0.5, 0.6) is 0 Å². The van der Waals surface area contributed by atoms with E-state index in [9.17, 15) is 0 Å². The van der Waals surface area contributed by atoms with Gasteiger partial charge in [-0.05, 0) is 24.0 Å². The van der Waals surface area contributed by atoms with E-state index in [1.165, 1.54) is 24.0 Å². The van der Waals surface area contributed by atoms with Crippen LogP contribution in [0.2, 0.25) is 0 Å². The van der Waals surface area contributed by atoms with Gasteiger partial charge >= 0.3 is 0 Å². The predicted molar refractivity (Wildman–Crippen MR) is 59.5 cm³/mol. The number of hydrogen-bond acceptors (Lipinski definition) is 2. The average molecular weight is 203 g/mol. The molecule has 2 heteroatoms. The topological polar surface area (TPSA) is 12.5 Å². The minimum atomic E-state index is 0.485. The Morgan fingerprint density at radius 3 is 2.53 bits per heavy atom. The molecule has 0 aliphatic carbocycles. The van der Waals surface area contributed by atoms with Crippen molar-refractivity contribution in [2.24, 2.45) is 0 Å². The maximum absolute atomic E-state index is 5.67. The van der Waals surface area contributed by atoms with Gasteiger partial charge < -0.3 is 4.74 Å². The zero-order chi connectivity index (χ0) is 10.1. The van der Waals surface area contributed by atoms with Gasteiger partial charge in [-0.3, -0.25) is 4.90 Å². The summed E-state index contributed by atoms with van der Waals surface area (Å²) in [7, 11) is 0. The number of benzene rings is 1. The molecule has 1 saturated heterocycles. The van der Waals surface area contributed by atoms with Crippen molar-refractivity contribution in [1.29, 1.82) is 0 Å². The molecule has 1 aromatic rings. The molecule has 0 radical (unpaired) electrons. The van der Waals surface area contributed by atoms with Crippen LogP contribution >= 0.6 is 0 Å². The van der Waals surface area contributed by atoms with Crippen LogP contribution in [0.4, 0.5) is 0 Å². The first-order chi connectivity index (χ1) is 7.42. The maximum Gasteiger partial charge on any atom is 0.0703 e. The summed E-state index contributed by atoms with van der Waals surface area (Å²) < 4.78 is 5.67. The van der Waals surface area contributed by atoms with Crippen LogP contribution in [-0.2, 0) is 17.8 Å². The number of rotatable bonds is 2. The fourth-order valence-corrected chi connectivity index (χ4v) is 2.61. The van der Waals surface area contributed by atoms with Crippen LogP contribution in [0.3, 0.4) is 0 Å². The molecule has 0 bridgehead atoms. The maximum atomic E-state index is 5.67. The molecule has 1 fully saturated rings. The largest absolute Gasteiger partial charge is 0.377 e. The summed E-state index contributed by atoms with van der Waals surface area (Å²) >= 11 is 0. The molecule has 0 saturated carbocycles. The summed E-state index contributed by atoms with van der Waals surface area (Å²) in [6.07, 6.45) is 2.97. The summed E-state index contributed by atoms with van der Waals surface area (Å²) in [6.45, 7) is 4.28. The molecule has 0 aromatic heterocycles.